The van der Waals surface area contributed by atoms with Crippen molar-refractivity contribution < 1.29 is 14.8 Å². The molecule has 0 spiro atoms. The molecule has 0 N–H and O–H groups in total. The van der Waals surface area contributed by atoms with Crippen molar-refractivity contribution >= 4 is 0 Å². The van der Waals surface area contributed by atoms with E-state index in [2.05, 4.69) is 4.84 Å². The largest absolute Gasteiger partial charge is 0.306 e. The van der Waals surface area contributed by atoms with Gasteiger partial charge >= 0.3 is 0 Å². The predicted octanol–water partition coefficient (Wildman–Crippen LogP) is 0.640. The molecule has 7 nitrogen and oxygen atoms in total. The van der Waals surface area contributed by atoms with Crippen molar-refractivity contribution in [2.45, 2.75) is 25.8 Å². The highest BCUT2D eigenvalue weighted by atomic mass is 17.0. The van der Waals surface area contributed by atoms with Crippen LogP contribution in [0.15, 0.2) is 0 Å². The first-order valence-electron chi connectivity index (χ1n) is 3.34. The molecule has 0 aliphatic carbocycles. The number of hydrogen-bond acceptors (Lipinski definition) is 5. The number of nitro groups is 1. The molecule has 0 aliphatic rings. The lowest BCUT2D eigenvalue weighted by molar-refractivity contribution is -0.770. The Morgan fingerprint density at radius 1 is 1.42 bits per heavy atom. The standard InChI is InChI=1S/C5H10N2O5/c1-3-5(2,6(8)9)4-12-7(10)11/h3-4H2,1-2H3. The minimum atomic E-state index is -1.37. The Morgan fingerprint density at radius 2 is 1.92 bits per heavy atom. The van der Waals surface area contributed by atoms with E-state index in [1.165, 1.54) is 6.92 Å². The highest BCUT2D eigenvalue weighted by molar-refractivity contribution is 4.69. The van der Waals surface area contributed by atoms with Gasteiger partial charge in [-0.25, -0.2) is 0 Å². The molecule has 0 aromatic heterocycles. The van der Waals surface area contributed by atoms with Crippen LogP contribution in [-0.2, 0) is 4.84 Å². The van der Waals surface area contributed by atoms with Crippen molar-refractivity contribution in [1.82, 2.24) is 0 Å². The van der Waals surface area contributed by atoms with Crippen molar-refractivity contribution in [1.29, 1.82) is 0 Å². The maximum atomic E-state index is 10.4. The van der Waals surface area contributed by atoms with Crippen LogP contribution < -0.4 is 0 Å². The average molecular weight is 178 g/mol. The van der Waals surface area contributed by atoms with Crippen LogP contribution in [0, 0.1) is 20.2 Å². The lowest BCUT2D eigenvalue weighted by atomic mass is 10.0. The average Bonchev–Trinajstić information content (AvgIpc) is 1.99. The molecule has 0 radical (unpaired) electrons. The van der Waals surface area contributed by atoms with Crippen LogP contribution in [-0.4, -0.2) is 22.2 Å². The molecule has 0 rings (SSSR count). The molecule has 0 aromatic carbocycles. The molecule has 0 aromatic rings. The Labute approximate surface area is 68.6 Å². The summed E-state index contributed by atoms with van der Waals surface area (Å²) in [5.74, 6) is 0. The van der Waals surface area contributed by atoms with E-state index in [0.717, 1.165) is 0 Å². The Balaban J connectivity index is 4.15. The molecule has 1 atom stereocenters. The van der Waals surface area contributed by atoms with Crippen LogP contribution in [0.1, 0.15) is 20.3 Å². The van der Waals surface area contributed by atoms with E-state index in [1.807, 2.05) is 0 Å². The minimum absolute atomic E-state index is 0.188. The van der Waals surface area contributed by atoms with E-state index in [9.17, 15) is 20.2 Å². The van der Waals surface area contributed by atoms with Gasteiger partial charge in [0.1, 0.15) is 0 Å². The highest BCUT2D eigenvalue weighted by Gasteiger charge is 2.36. The molecule has 70 valence electrons. The van der Waals surface area contributed by atoms with Gasteiger partial charge in [0.15, 0.2) is 6.61 Å². The Bertz CT molecular complexity index is 194. The third-order valence-electron chi connectivity index (χ3n) is 1.68. The van der Waals surface area contributed by atoms with Crippen LogP contribution in [0.5, 0.6) is 0 Å². The van der Waals surface area contributed by atoms with Gasteiger partial charge in [-0.3, -0.25) is 10.1 Å². The zero-order valence-corrected chi connectivity index (χ0v) is 6.85. The first-order chi connectivity index (χ1) is 5.42. The van der Waals surface area contributed by atoms with Gasteiger partial charge in [0.2, 0.25) is 5.54 Å². The summed E-state index contributed by atoms with van der Waals surface area (Å²) in [7, 11) is 0. The maximum Gasteiger partial charge on any atom is 0.294 e. The third-order valence-corrected chi connectivity index (χ3v) is 1.68. The van der Waals surface area contributed by atoms with E-state index in [4.69, 9.17) is 0 Å². The van der Waals surface area contributed by atoms with E-state index >= 15 is 0 Å². The fourth-order valence-corrected chi connectivity index (χ4v) is 0.476. The number of nitrogens with zero attached hydrogens (tertiary/aromatic N) is 2. The minimum Gasteiger partial charge on any atom is -0.306 e. The second-order valence-corrected chi connectivity index (χ2v) is 2.60. The van der Waals surface area contributed by atoms with Crippen LogP contribution in [0.3, 0.4) is 0 Å². The third kappa shape index (κ3) is 2.69. The van der Waals surface area contributed by atoms with Gasteiger partial charge in [0, 0.05) is 18.3 Å². The van der Waals surface area contributed by atoms with E-state index in [-0.39, 0.29) is 6.42 Å². The lowest BCUT2D eigenvalue weighted by Crippen LogP contribution is -2.39. The van der Waals surface area contributed by atoms with Crippen LogP contribution >= 0.6 is 0 Å². The highest BCUT2D eigenvalue weighted by Crippen LogP contribution is 2.13. The van der Waals surface area contributed by atoms with Crippen molar-refractivity contribution in [3.8, 4) is 0 Å². The van der Waals surface area contributed by atoms with Gasteiger partial charge in [-0.15, -0.1) is 10.1 Å². The number of rotatable bonds is 5. The Hall–Kier alpha value is -1.40. The van der Waals surface area contributed by atoms with Gasteiger partial charge in [0.05, 0.1) is 0 Å². The summed E-state index contributed by atoms with van der Waals surface area (Å²) >= 11 is 0. The SMILES string of the molecule is CCC(C)(CO[N+](=O)[O-])[N+](=O)[O-]. The van der Waals surface area contributed by atoms with Crippen LogP contribution in [0.4, 0.5) is 0 Å². The first-order valence-corrected chi connectivity index (χ1v) is 3.34. The summed E-state index contributed by atoms with van der Waals surface area (Å²) in [6.07, 6.45) is 0.188. The van der Waals surface area contributed by atoms with Gasteiger partial charge in [-0.05, 0) is 0 Å². The molecular weight excluding hydrogens is 168 g/mol. The van der Waals surface area contributed by atoms with Gasteiger partial charge in [-0.2, -0.15) is 0 Å². The van der Waals surface area contributed by atoms with Crippen LogP contribution in [0.25, 0.3) is 0 Å². The van der Waals surface area contributed by atoms with Gasteiger partial charge in [0.25, 0.3) is 5.09 Å². The van der Waals surface area contributed by atoms with E-state index < -0.39 is 22.2 Å². The quantitative estimate of drug-likeness (QED) is 0.454. The molecule has 0 aliphatic heterocycles. The molecule has 0 saturated heterocycles. The van der Waals surface area contributed by atoms with E-state index in [1.54, 1.807) is 6.92 Å². The van der Waals surface area contributed by atoms with Crippen LogP contribution in [0.2, 0.25) is 0 Å². The monoisotopic (exact) mass is 178 g/mol. The summed E-state index contributed by atoms with van der Waals surface area (Å²) in [5.41, 5.74) is -1.37. The molecule has 7 heteroatoms. The molecule has 1 unspecified atom stereocenters. The van der Waals surface area contributed by atoms with Gasteiger partial charge < -0.3 is 4.84 Å². The van der Waals surface area contributed by atoms with Crippen molar-refractivity contribution in [2.24, 2.45) is 0 Å². The summed E-state index contributed by atoms with van der Waals surface area (Å²) in [6, 6.07) is 0. The summed E-state index contributed by atoms with van der Waals surface area (Å²) in [4.78, 5) is 23.5. The second-order valence-electron chi connectivity index (χ2n) is 2.60. The van der Waals surface area contributed by atoms with Gasteiger partial charge in [-0.1, -0.05) is 6.92 Å². The summed E-state index contributed by atoms with van der Waals surface area (Å²) < 4.78 is 0. The smallest absolute Gasteiger partial charge is 0.294 e. The molecular formula is C5H10N2O5. The molecule has 0 heterocycles. The van der Waals surface area contributed by atoms with Crippen molar-refractivity contribution in [3.63, 3.8) is 0 Å². The summed E-state index contributed by atoms with van der Waals surface area (Å²) in [5, 5.41) is 19.1. The predicted molar refractivity (Wildman–Crippen MR) is 38.6 cm³/mol. The van der Waals surface area contributed by atoms with E-state index in [0.29, 0.717) is 0 Å². The zero-order chi connectivity index (χ0) is 9.78. The normalized spacial score (nSPS) is 14.8. The summed E-state index contributed by atoms with van der Waals surface area (Å²) in [6.45, 7) is 2.37. The fourth-order valence-electron chi connectivity index (χ4n) is 0.476. The number of hydrogen-bond donors (Lipinski definition) is 0. The van der Waals surface area contributed by atoms with Crippen molar-refractivity contribution in [3.05, 3.63) is 20.2 Å². The molecule has 0 bridgehead atoms. The first kappa shape index (κ1) is 10.6. The fraction of sp³-hybridized carbons (Fsp3) is 1.00. The topological polar surface area (TPSA) is 95.5 Å². The van der Waals surface area contributed by atoms with Crippen molar-refractivity contribution in [2.75, 3.05) is 6.61 Å². The Morgan fingerprint density at radius 3 is 2.17 bits per heavy atom. The molecule has 0 fully saturated rings. The maximum absolute atomic E-state index is 10.4. The molecule has 0 saturated carbocycles. The Kier molecular flexibility index (Phi) is 3.39. The second kappa shape index (κ2) is 3.84. The molecule has 0 amide bonds. The zero-order valence-electron chi connectivity index (χ0n) is 6.85. The molecule has 12 heavy (non-hydrogen) atoms. The lowest BCUT2D eigenvalue weighted by Gasteiger charge is -2.16.